The summed E-state index contributed by atoms with van der Waals surface area (Å²) in [5, 5.41) is 20.6. The smallest absolute Gasteiger partial charge is 0.410 e. The molecule has 0 spiro atoms. The largest absolute Gasteiger partial charge is 0.444 e. The number of carbonyl (C=O) groups excluding carboxylic acids is 1. The number of carbonyl (C=O) groups is 1. The number of pyridine rings is 1. The zero-order valence-corrected chi connectivity index (χ0v) is 14.7. The van der Waals surface area contributed by atoms with Crippen LogP contribution in [0.1, 0.15) is 44.9 Å². The van der Waals surface area contributed by atoms with Crippen LogP contribution in [0.25, 0.3) is 0 Å². The van der Waals surface area contributed by atoms with E-state index in [0.29, 0.717) is 24.5 Å². The van der Waals surface area contributed by atoms with Crippen LogP contribution in [0.2, 0.25) is 0 Å². The number of amides is 1. The van der Waals surface area contributed by atoms with Gasteiger partial charge >= 0.3 is 6.09 Å². The summed E-state index contributed by atoms with van der Waals surface area (Å²) in [6.07, 6.45) is 1.69. The molecule has 0 aromatic carbocycles. The molecule has 0 aliphatic carbocycles. The van der Waals surface area contributed by atoms with Gasteiger partial charge in [0.2, 0.25) is 0 Å². The summed E-state index contributed by atoms with van der Waals surface area (Å²) in [5.41, 5.74) is -1.12. The van der Waals surface area contributed by atoms with E-state index in [4.69, 9.17) is 9.47 Å². The highest BCUT2D eigenvalue weighted by Crippen LogP contribution is 2.41. The van der Waals surface area contributed by atoms with E-state index in [0.717, 1.165) is 0 Å². The fraction of sp³-hybridized carbons (Fsp3) is 0.611. The summed E-state index contributed by atoms with van der Waals surface area (Å²) in [7, 11) is 0. The first-order valence-electron chi connectivity index (χ1n) is 8.40. The second-order valence-electron chi connectivity index (χ2n) is 7.68. The van der Waals surface area contributed by atoms with Crippen molar-refractivity contribution in [3.63, 3.8) is 0 Å². The van der Waals surface area contributed by atoms with Crippen molar-refractivity contribution in [1.29, 1.82) is 5.26 Å². The molecule has 0 radical (unpaired) electrons. The minimum Gasteiger partial charge on any atom is -0.444 e. The van der Waals surface area contributed by atoms with Gasteiger partial charge in [-0.2, -0.15) is 5.26 Å². The van der Waals surface area contributed by atoms with Crippen LogP contribution in [0.5, 0.6) is 0 Å². The molecule has 25 heavy (non-hydrogen) atoms. The monoisotopic (exact) mass is 345 g/mol. The Labute approximate surface area is 147 Å². The Hall–Kier alpha value is -2.17. The molecule has 0 saturated carbocycles. The molecule has 7 nitrogen and oxygen atoms in total. The number of hydrogen-bond donors (Lipinski definition) is 1. The number of hydrogen-bond acceptors (Lipinski definition) is 6. The number of aromatic nitrogens is 1. The molecule has 3 rings (SSSR count). The molecule has 2 fully saturated rings. The molecule has 2 saturated heterocycles. The second kappa shape index (κ2) is 6.28. The van der Waals surface area contributed by atoms with Crippen LogP contribution in [0.15, 0.2) is 18.3 Å². The van der Waals surface area contributed by atoms with Gasteiger partial charge in [-0.3, -0.25) is 9.88 Å². The number of fused-ring (bicyclic) bond motifs is 2. The van der Waals surface area contributed by atoms with Gasteiger partial charge in [-0.25, -0.2) is 4.79 Å². The average Bonchev–Trinajstić information content (AvgIpc) is 2.52. The zero-order valence-electron chi connectivity index (χ0n) is 14.7. The zero-order chi connectivity index (χ0) is 18.2. The third-order valence-electron chi connectivity index (χ3n) is 4.53. The van der Waals surface area contributed by atoms with Crippen LogP contribution in [0.3, 0.4) is 0 Å². The van der Waals surface area contributed by atoms with Gasteiger partial charge in [0.05, 0.1) is 36.6 Å². The average molecular weight is 345 g/mol. The molecule has 7 heteroatoms. The maximum atomic E-state index is 12.6. The number of aliphatic hydroxyl groups is 1. The van der Waals surface area contributed by atoms with Crippen molar-refractivity contribution in [1.82, 2.24) is 9.88 Å². The lowest BCUT2D eigenvalue weighted by Crippen LogP contribution is -2.63. The van der Waals surface area contributed by atoms with Gasteiger partial charge in [-0.15, -0.1) is 0 Å². The minimum absolute atomic E-state index is 0.258. The lowest BCUT2D eigenvalue weighted by molar-refractivity contribution is -0.142. The van der Waals surface area contributed by atoms with Crippen LogP contribution in [-0.2, 0) is 15.1 Å². The fourth-order valence-corrected chi connectivity index (χ4v) is 3.65. The highest BCUT2D eigenvalue weighted by atomic mass is 16.6. The number of piperidine rings is 1. The first kappa shape index (κ1) is 17.6. The predicted octanol–water partition coefficient (Wildman–Crippen LogP) is 1.94. The van der Waals surface area contributed by atoms with Crippen molar-refractivity contribution >= 4 is 6.09 Å². The molecule has 2 bridgehead atoms. The van der Waals surface area contributed by atoms with Gasteiger partial charge in [0.15, 0.2) is 0 Å². The molecule has 134 valence electrons. The van der Waals surface area contributed by atoms with E-state index in [-0.39, 0.29) is 24.9 Å². The van der Waals surface area contributed by atoms with Crippen molar-refractivity contribution in [2.75, 3.05) is 13.2 Å². The quantitative estimate of drug-likeness (QED) is 0.836. The summed E-state index contributed by atoms with van der Waals surface area (Å²) < 4.78 is 11.1. The van der Waals surface area contributed by atoms with Crippen molar-refractivity contribution in [2.24, 2.45) is 0 Å². The second-order valence-corrected chi connectivity index (χ2v) is 7.68. The van der Waals surface area contributed by atoms with Crippen LogP contribution in [0, 0.1) is 11.3 Å². The normalized spacial score (nSPS) is 29.0. The third-order valence-corrected chi connectivity index (χ3v) is 4.53. The number of morpholine rings is 1. The fourth-order valence-electron chi connectivity index (χ4n) is 3.65. The van der Waals surface area contributed by atoms with Crippen molar-refractivity contribution in [3.8, 4) is 6.07 Å². The van der Waals surface area contributed by atoms with Gasteiger partial charge in [0.1, 0.15) is 17.3 Å². The van der Waals surface area contributed by atoms with Gasteiger partial charge in [-0.1, -0.05) is 0 Å². The lowest BCUT2D eigenvalue weighted by atomic mass is 9.78. The first-order chi connectivity index (χ1) is 11.7. The van der Waals surface area contributed by atoms with Crippen molar-refractivity contribution in [3.05, 3.63) is 29.6 Å². The van der Waals surface area contributed by atoms with E-state index >= 15 is 0 Å². The molecule has 2 aliphatic heterocycles. The van der Waals surface area contributed by atoms with Gasteiger partial charge in [0, 0.05) is 19.0 Å². The summed E-state index contributed by atoms with van der Waals surface area (Å²) in [6.45, 7) is 6.12. The number of ether oxygens (including phenoxy) is 2. The van der Waals surface area contributed by atoms with E-state index < -0.39 is 17.3 Å². The highest BCUT2D eigenvalue weighted by Gasteiger charge is 2.51. The van der Waals surface area contributed by atoms with Gasteiger partial charge < -0.3 is 14.6 Å². The lowest BCUT2D eigenvalue weighted by Gasteiger charge is -2.51. The van der Waals surface area contributed by atoms with Crippen LogP contribution >= 0.6 is 0 Å². The maximum Gasteiger partial charge on any atom is 0.410 e. The SMILES string of the molecule is CC(C)(C)OC(=O)N1C2COCC1CC(O)(c1ncccc1C#N)C2. The van der Waals surface area contributed by atoms with Crippen molar-refractivity contribution in [2.45, 2.75) is 56.9 Å². The highest BCUT2D eigenvalue weighted by molar-refractivity contribution is 5.69. The van der Waals surface area contributed by atoms with E-state index in [1.807, 2.05) is 20.8 Å². The Kier molecular flexibility index (Phi) is 4.43. The standard InChI is InChI=1S/C18H23N3O4/c1-17(2,3)25-16(22)21-13-7-18(23,8-14(21)11-24-10-13)15-12(9-19)5-4-6-20-15/h4-6,13-14,23H,7-8,10-11H2,1-3H3. The third kappa shape index (κ3) is 3.46. The summed E-state index contributed by atoms with van der Waals surface area (Å²) in [6, 6.07) is 4.77. The Bertz CT molecular complexity index is 693. The predicted molar refractivity (Wildman–Crippen MR) is 88.6 cm³/mol. The summed E-state index contributed by atoms with van der Waals surface area (Å²) >= 11 is 0. The number of nitrogens with zero attached hydrogens (tertiary/aromatic N) is 3. The number of nitriles is 1. The van der Waals surface area contributed by atoms with E-state index in [1.165, 1.54) is 0 Å². The molecule has 1 amide bonds. The van der Waals surface area contributed by atoms with Crippen LogP contribution in [0.4, 0.5) is 4.79 Å². The Morgan fingerprint density at radius 3 is 2.64 bits per heavy atom. The molecule has 3 heterocycles. The molecule has 1 aromatic rings. The minimum atomic E-state index is -1.26. The van der Waals surface area contributed by atoms with E-state index in [1.54, 1.807) is 23.2 Å². The Balaban J connectivity index is 1.89. The first-order valence-corrected chi connectivity index (χ1v) is 8.40. The van der Waals surface area contributed by atoms with E-state index in [2.05, 4.69) is 11.1 Å². The topological polar surface area (TPSA) is 95.7 Å². The maximum absolute atomic E-state index is 12.6. The van der Waals surface area contributed by atoms with E-state index in [9.17, 15) is 15.2 Å². The molecule has 2 atom stereocenters. The van der Waals surface area contributed by atoms with Crippen molar-refractivity contribution < 1.29 is 19.4 Å². The van der Waals surface area contributed by atoms with Gasteiger partial charge in [0.25, 0.3) is 0 Å². The molecule has 2 unspecified atom stereocenters. The molecule has 1 aromatic heterocycles. The Morgan fingerprint density at radius 1 is 1.44 bits per heavy atom. The Morgan fingerprint density at radius 2 is 2.08 bits per heavy atom. The summed E-state index contributed by atoms with van der Waals surface area (Å²) in [5.74, 6) is 0. The van der Waals surface area contributed by atoms with Crippen LogP contribution in [-0.4, -0.2) is 52.0 Å². The van der Waals surface area contributed by atoms with Gasteiger partial charge in [-0.05, 0) is 32.9 Å². The molecular weight excluding hydrogens is 322 g/mol. The van der Waals surface area contributed by atoms with Crippen LogP contribution < -0.4 is 0 Å². The number of rotatable bonds is 1. The molecule has 1 N–H and O–H groups in total. The molecular formula is C18H23N3O4. The summed E-state index contributed by atoms with van der Waals surface area (Å²) in [4.78, 5) is 18.5. The molecule has 2 aliphatic rings.